The first-order valence-corrected chi connectivity index (χ1v) is 6.46. The van der Waals surface area contributed by atoms with Crippen LogP contribution in [0.4, 0.5) is 0 Å². The average molecular weight is 252 g/mol. The van der Waals surface area contributed by atoms with Crippen LogP contribution in [-0.4, -0.2) is 46.6 Å². The van der Waals surface area contributed by atoms with Crippen LogP contribution in [0.15, 0.2) is 4.52 Å². The van der Waals surface area contributed by atoms with Crippen molar-refractivity contribution < 1.29 is 9.32 Å². The zero-order valence-electron chi connectivity index (χ0n) is 11.0. The molecule has 1 aliphatic heterocycles. The third-order valence-electron chi connectivity index (χ3n) is 3.17. The van der Waals surface area contributed by atoms with Crippen LogP contribution in [0.25, 0.3) is 0 Å². The van der Waals surface area contributed by atoms with Gasteiger partial charge in [-0.1, -0.05) is 5.16 Å². The highest BCUT2D eigenvalue weighted by Crippen LogP contribution is 2.08. The van der Waals surface area contributed by atoms with Crippen LogP contribution in [-0.2, 0) is 11.2 Å². The van der Waals surface area contributed by atoms with Gasteiger partial charge < -0.3 is 14.7 Å². The summed E-state index contributed by atoms with van der Waals surface area (Å²) in [7, 11) is 0. The summed E-state index contributed by atoms with van der Waals surface area (Å²) < 4.78 is 5.02. The topological polar surface area (TPSA) is 71.3 Å². The molecule has 6 heteroatoms. The third-order valence-corrected chi connectivity index (χ3v) is 3.17. The highest BCUT2D eigenvalue weighted by molar-refractivity contribution is 5.76. The zero-order chi connectivity index (χ0) is 13.0. The first-order valence-electron chi connectivity index (χ1n) is 6.46. The normalized spacial score (nSPS) is 20.1. The molecule has 100 valence electrons. The maximum absolute atomic E-state index is 12.0. The first-order chi connectivity index (χ1) is 8.66. The van der Waals surface area contributed by atoms with Crippen LogP contribution in [0.1, 0.15) is 31.5 Å². The minimum atomic E-state index is 0.222. The van der Waals surface area contributed by atoms with E-state index in [2.05, 4.69) is 22.4 Å². The maximum atomic E-state index is 12.0. The summed E-state index contributed by atoms with van der Waals surface area (Å²) in [4.78, 5) is 18.1. The van der Waals surface area contributed by atoms with Crippen molar-refractivity contribution in [2.24, 2.45) is 0 Å². The van der Waals surface area contributed by atoms with Gasteiger partial charge in [0, 0.05) is 38.5 Å². The Labute approximate surface area is 107 Å². The summed E-state index contributed by atoms with van der Waals surface area (Å²) in [6.45, 7) is 6.44. The summed E-state index contributed by atoms with van der Waals surface area (Å²) in [5.41, 5.74) is 0. The van der Waals surface area contributed by atoms with Gasteiger partial charge in [0.15, 0.2) is 5.82 Å². The molecule has 0 bridgehead atoms. The van der Waals surface area contributed by atoms with E-state index in [4.69, 9.17) is 4.52 Å². The lowest BCUT2D eigenvalue weighted by Crippen LogP contribution is -2.52. The van der Waals surface area contributed by atoms with Gasteiger partial charge in [0.25, 0.3) is 0 Å². The molecule has 1 saturated heterocycles. The SMILES string of the molecule is Cc1noc(CCCC(=O)N2CCNCC2C)n1. The molecular formula is C12H20N4O2. The zero-order valence-corrected chi connectivity index (χ0v) is 11.0. The molecule has 1 unspecified atom stereocenters. The molecule has 1 amide bonds. The third kappa shape index (κ3) is 3.29. The molecule has 1 atom stereocenters. The van der Waals surface area contributed by atoms with Crippen molar-refractivity contribution in [3.63, 3.8) is 0 Å². The van der Waals surface area contributed by atoms with Gasteiger partial charge in [-0.2, -0.15) is 4.98 Å². The first kappa shape index (κ1) is 13.0. The quantitative estimate of drug-likeness (QED) is 0.846. The van der Waals surface area contributed by atoms with E-state index in [9.17, 15) is 4.79 Å². The van der Waals surface area contributed by atoms with E-state index in [-0.39, 0.29) is 11.9 Å². The van der Waals surface area contributed by atoms with Gasteiger partial charge in [0.2, 0.25) is 11.8 Å². The fourth-order valence-electron chi connectivity index (χ4n) is 2.19. The average Bonchev–Trinajstić information content (AvgIpc) is 2.75. The second-order valence-corrected chi connectivity index (χ2v) is 4.73. The predicted molar refractivity (Wildman–Crippen MR) is 66.0 cm³/mol. The van der Waals surface area contributed by atoms with Gasteiger partial charge in [-0.15, -0.1) is 0 Å². The number of piperazine rings is 1. The van der Waals surface area contributed by atoms with Crippen LogP contribution in [0.2, 0.25) is 0 Å². The van der Waals surface area contributed by atoms with Crippen molar-refractivity contribution in [3.8, 4) is 0 Å². The number of nitrogens with one attached hydrogen (secondary N) is 1. The number of hydrogen-bond donors (Lipinski definition) is 1. The highest BCUT2D eigenvalue weighted by Gasteiger charge is 2.22. The Balaban J connectivity index is 1.74. The van der Waals surface area contributed by atoms with Crippen molar-refractivity contribution in [2.75, 3.05) is 19.6 Å². The van der Waals surface area contributed by atoms with Gasteiger partial charge >= 0.3 is 0 Å². The maximum Gasteiger partial charge on any atom is 0.226 e. The van der Waals surface area contributed by atoms with Crippen molar-refractivity contribution in [1.82, 2.24) is 20.4 Å². The van der Waals surface area contributed by atoms with Crippen LogP contribution in [0.5, 0.6) is 0 Å². The van der Waals surface area contributed by atoms with Gasteiger partial charge in [0.1, 0.15) is 0 Å². The number of aryl methyl sites for hydroxylation is 2. The number of nitrogens with zero attached hydrogens (tertiary/aromatic N) is 3. The lowest BCUT2D eigenvalue weighted by molar-refractivity contribution is -0.134. The van der Waals surface area contributed by atoms with E-state index in [1.165, 1.54) is 0 Å². The number of aromatic nitrogens is 2. The summed E-state index contributed by atoms with van der Waals surface area (Å²) in [6.07, 6.45) is 1.98. The fraction of sp³-hybridized carbons (Fsp3) is 0.750. The number of carbonyl (C=O) groups is 1. The van der Waals surface area contributed by atoms with E-state index in [1.54, 1.807) is 6.92 Å². The Bertz CT molecular complexity index is 405. The van der Waals surface area contributed by atoms with E-state index in [1.807, 2.05) is 4.90 Å². The second-order valence-electron chi connectivity index (χ2n) is 4.73. The van der Waals surface area contributed by atoms with E-state index >= 15 is 0 Å². The molecule has 1 aromatic rings. The van der Waals surface area contributed by atoms with Crippen LogP contribution >= 0.6 is 0 Å². The molecule has 2 heterocycles. The van der Waals surface area contributed by atoms with Gasteiger partial charge in [-0.25, -0.2) is 0 Å². The van der Waals surface area contributed by atoms with E-state index in [0.717, 1.165) is 26.1 Å². The molecule has 2 rings (SSSR count). The number of hydrogen-bond acceptors (Lipinski definition) is 5. The minimum absolute atomic E-state index is 0.222. The number of amides is 1. The summed E-state index contributed by atoms with van der Waals surface area (Å²) in [5, 5.41) is 7.00. The Morgan fingerprint density at radius 1 is 1.61 bits per heavy atom. The lowest BCUT2D eigenvalue weighted by Gasteiger charge is -2.34. The molecule has 1 fully saturated rings. The predicted octanol–water partition coefficient (Wildman–Crippen LogP) is 0.521. The monoisotopic (exact) mass is 252 g/mol. The molecule has 0 aliphatic carbocycles. The van der Waals surface area contributed by atoms with Crippen molar-refractivity contribution in [1.29, 1.82) is 0 Å². The van der Waals surface area contributed by atoms with Crippen LogP contribution in [0, 0.1) is 6.92 Å². The summed E-state index contributed by atoms with van der Waals surface area (Å²) in [6, 6.07) is 0.289. The molecule has 1 aromatic heterocycles. The minimum Gasteiger partial charge on any atom is -0.339 e. The highest BCUT2D eigenvalue weighted by atomic mass is 16.5. The summed E-state index contributed by atoms with van der Waals surface area (Å²) in [5.74, 6) is 1.49. The number of rotatable bonds is 4. The van der Waals surface area contributed by atoms with E-state index < -0.39 is 0 Å². The molecule has 0 radical (unpaired) electrons. The number of carbonyl (C=O) groups excluding carboxylic acids is 1. The molecule has 1 aliphatic rings. The van der Waals surface area contributed by atoms with Crippen LogP contribution in [0.3, 0.4) is 0 Å². The van der Waals surface area contributed by atoms with Crippen molar-refractivity contribution in [2.45, 2.75) is 39.2 Å². The standard InChI is InChI=1S/C12H20N4O2/c1-9-8-13-6-7-16(9)12(17)5-3-4-11-14-10(2)15-18-11/h9,13H,3-8H2,1-2H3. The van der Waals surface area contributed by atoms with Gasteiger partial charge in [-0.3, -0.25) is 4.79 Å². The molecule has 18 heavy (non-hydrogen) atoms. The Morgan fingerprint density at radius 3 is 3.11 bits per heavy atom. The lowest BCUT2D eigenvalue weighted by atomic mass is 10.1. The largest absolute Gasteiger partial charge is 0.339 e. The Kier molecular flexibility index (Phi) is 4.30. The molecule has 0 spiro atoms. The van der Waals surface area contributed by atoms with Crippen molar-refractivity contribution >= 4 is 5.91 Å². The van der Waals surface area contributed by atoms with Gasteiger partial charge in [-0.05, 0) is 20.3 Å². The Morgan fingerprint density at radius 2 is 2.44 bits per heavy atom. The Hall–Kier alpha value is -1.43. The van der Waals surface area contributed by atoms with Gasteiger partial charge in [0.05, 0.1) is 0 Å². The molecular weight excluding hydrogens is 232 g/mol. The van der Waals surface area contributed by atoms with E-state index in [0.29, 0.717) is 24.6 Å². The van der Waals surface area contributed by atoms with Crippen molar-refractivity contribution in [3.05, 3.63) is 11.7 Å². The molecule has 6 nitrogen and oxygen atoms in total. The summed E-state index contributed by atoms with van der Waals surface area (Å²) >= 11 is 0. The molecule has 0 aromatic carbocycles. The second kappa shape index (κ2) is 5.95. The smallest absolute Gasteiger partial charge is 0.226 e. The molecule has 1 N–H and O–H groups in total. The fourth-order valence-corrected chi connectivity index (χ4v) is 2.19. The molecule has 0 saturated carbocycles. The van der Waals surface area contributed by atoms with Crippen LogP contribution < -0.4 is 5.32 Å².